The summed E-state index contributed by atoms with van der Waals surface area (Å²) in [5, 5.41) is 3.13. The van der Waals surface area contributed by atoms with E-state index in [1.165, 1.54) is 5.56 Å². The summed E-state index contributed by atoms with van der Waals surface area (Å²) in [5.74, 6) is 1.28. The molecule has 1 aromatic carbocycles. The van der Waals surface area contributed by atoms with Crippen molar-refractivity contribution in [3.63, 3.8) is 0 Å². The van der Waals surface area contributed by atoms with E-state index in [2.05, 4.69) is 32.3 Å². The van der Waals surface area contributed by atoms with E-state index in [0.717, 1.165) is 31.9 Å². The van der Waals surface area contributed by atoms with Gasteiger partial charge in [-0.25, -0.2) is 9.97 Å². The molecule has 6 nitrogen and oxygen atoms in total. The molecule has 0 radical (unpaired) electrons. The van der Waals surface area contributed by atoms with Gasteiger partial charge in [0, 0.05) is 44.8 Å². The van der Waals surface area contributed by atoms with Gasteiger partial charge in [-0.3, -0.25) is 4.79 Å². The van der Waals surface area contributed by atoms with Gasteiger partial charge in [-0.1, -0.05) is 30.3 Å². The highest BCUT2D eigenvalue weighted by molar-refractivity contribution is 5.92. The van der Waals surface area contributed by atoms with Gasteiger partial charge in [0.2, 0.25) is 5.95 Å². The maximum Gasteiger partial charge on any atom is 0.267 e. The van der Waals surface area contributed by atoms with Crippen LogP contribution in [0.15, 0.2) is 67.1 Å². The Kier molecular flexibility index (Phi) is 5.66. The van der Waals surface area contributed by atoms with Crippen LogP contribution in [0, 0.1) is 5.92 Å². The molecule has 0 bridgehead atoms. The van der Waals surface area contributed by atoms with Gasteiger partial charge in [-0.15, -0.1) is 0 Å². The lowest BCUT2D eigenvalue weighted by Crippen LogP contribution is -2.39. The van der Waals surface area contributed by atoms with Crippen LogP contribution in [0.4, 0.5) is 5.95 Å². The highest BCUT2D eigenvalue weighted by Gasteiger charge is 2.21. The van der Waals surface area contributed by atoms with E-state index in [0.29, 0.717) is 24.7 Å². The van der Waals surface area contributed by atoms with Gasteiger partial charge in [-0.2, -0.15) is 0 Å². The van der Waals surface area contributed by atoms with Crippen LogP contribution in [0.5, 0.6) is 0 Å². The molecule has 0 aliphatic carbocycles. The number of hydrogen-bond donors (Lipinski definition) is 1. The maximum absolute atomic E-state index is 12.7. The molecule has 0 saturated carbocycles. The van der Waals surface area contributed by atoms with E-state index >= 15 is 0 Å². The summed E-state index contributed by atoms with van der Waals surface area (Å²) in [4.78, 5) is 23.5. The Hall–Kier alpha value is -3.15. The molecule has 144 valence electrons. The molecule has 3 heterocycles. The number of hydrogen-bond acceptors (Lipinski definition) is 4. The van der Waals surface area contributed by atoms with Crippen LogP contribution in [-0.2, 0) is 6.54 Å². The standard InChI is InChI=1S/C22H25N5O/c28-21(20-8-4-13-27(20)17-19-6-2-1-3-7-19)25-16-18-9-14-26(15-10-18)22-23-11-5-12-24-22/h1-8,11-13,18H,9-10,14-17H2,(H,25,28). The van der Waals surface area contributed by atoms with Crippen molar-refractivity contribution >= 4 is 11.9 Å². The SMILES string of the molecule is O=C(NCC1CCN(c2ncccn2)CC1)c1cccn1Cc1ccccc1. The number of aromatic nitrogens is 3. The number of benzene rings is 1. The topological polar surface area (TPSA) is 63.1 Å². The average molecular weight is 375 g/mol. The summed E-state index contributed by atoms with van der Waals surface area (Å²) < 4.78 is 2.00. The Balaban J connectivity index is 1.28. The van der Waals surface area contributed by atoms with Crippen LogP contribution in [-0.4, -0.2) is 40.1 Å². The fourth-order valence-electron chi connectivity index (χ4n) is 3.66. The van der Waals surface area contributed by atoms with E-state index in [9.17, 15) is 4.79 Å². The van der Waals surface area contributed by atoms with Gasteiger partial charge in [0.15, 0.2) is 0 Å². The Morgan fingerprint density at radius 2 is 1.75 bits per heavy atom. The largest absolute Gasteiger partial charge is 0.350 e. The zero-order valence-electron chi connectivity index (χ0n) is 15.9. The van der Waals surface area contributed by atoms with Crippen molar-refractivity contribution in [3.05, 3.63) is 78.4 Å². The van der Waals surface area contributed by atoms with Gasteiger partial charge in [-0.05, 0) is 42.5 Å². The summed E-state index contributed by atoms with van der Waals surface area (Å²) in [5.41, 5.74) is 1.89. The van der Waals surface area contributed by atoms with Crippen molar-refractivity contribution in [1.82, 2.24) is 19.9 Å². The first-order valence-electron chi connectivity index (χ1n) is 9.79. The Morgan fingerprint density at radius 1 is 1.00 bits per heavy atom. The smallest absolute Gasteiger partial charge is 0.267 e. The van der Waals surface area contributed by atoms with Crippen molar-refractivity contribution in [1.29, 1.82) is 0 Å². The molecule has 1 fully saturated rings. The Labute approximate surface area is 165 Å². The third kappa shape index (κ3) is 4.39. The van der Waals surface area contributed by atoms with Gasteiger partial charge in [0.25, 0.3) is 5.91 Å². The molecule has 1 aliphatic rings. The fraction of sp³-hybridized carbons (Fsp3) is 0.318. The summed E-state index contributed by atoms with van der Waals surface area (Å²) in [6.07, 6.45) is 7.58. The molecule has 2 aromatic heterocycles. The van der Waals surface area contributed by atoms with Crippen LogP contribution in [0.1, 0.15) is 28.9 Å². The van der Waals surface area contributed by atoms with Crippen molar-refractivity contribution in [2.45, 2.75) is 19.4 Å². The second-order valence-corrected chi connectivity index (χ2v) is 7.20. The van der Waals surface area contributed by atoms with Gasteiger partial charge >= 0.3 is 0 Å². The van der Waals surface area contributed by atoms with E-state index in [1.54, 1.807) is 12.4 Å². The summed E-state index contributed by atoms with van der Waals surface area (Å²) in [6, 6.07) is 15.8. The normalized spacial score (nSPS) is 14.8. The predicted octanol–water partition coefficient (Wildman–Crippen LogP) is 2.97. The molecule has 1 N–H and O–H groups in total. The molecule has 4 rings (SSSR count). The number of carbonyl (C=O) groups is 1. The Morgan fingerprint density at radius 3 is 2.50 bits per heavy atom. The van der Waals surface area contributed by atoms with Crippen molar-refractivity contribution in [2.24, 2.45) is 5.92 Å². The van der Waals surface area contributed by atoms with Crippen LogP contribution in [0.2, 0.25) is 0 Å². The number of anilines is 1. The molecule has 1 amide bonds. The molecule has 0 unspecified atom stereocenters. The highest BCUT2D eigenvalue weighted by Crippen LogP contribution is 2.19. The van der Waals surface area contributed by atoms with Crippen molar-refractivity contribution in [3.8, 4) is 0 Å². The van der Waals surface area contributed by atoms with Crippen LogP contribution in [0.25, 0.3) is 0 Å². The predicted molar refractivity (Wildman–Crippen MR) is 109 cm³/mol. The lowest BCUT2D eigenvalue weighted by molar-refractivity contribution is 0.0936. The molecular formula is C22H25N5O. The lowest BCUT2D eigenvalue weighted by Gasteiger charge is -2.31. The van der Waals surface area contributed by atoms with Crippen LogP contribution in [0.3, 0.4) is 0 Å². The average Bonchev–Trinajstić information content (AvgIpc) is 3.22. The van der Waals surface area contributed by atoms with E-state index in [1.807, 2.05) is 47.2 Å². The van der Waals surface area contributed by atoms with Crippen LogP contribution >= 0.6 is 0 Å². The maximum atomic E-state index is 12.7. The molecule has 28 heavy (non-hydrogen) atoms. The quantitative estimate of drug-likeness (QED) is 0.719. The van der Waals surface area contributed by atoms with Gasteiger partial charge in [0.1, 0.15) is 5.69 Å². The summed E-state index contributed by atoms with van der Waals surface area (Å²) in [6.45, 7) is 3.26. The molecule has 0 atom stereocenters. The molecule has 3 aromatic rings. The number of amides is 1. The molecular weight excluding hydrogens is 350 g/mol. The zero-order chi connectivity index (χ0) is 19.2. The second-order valence-electron chi connectivity index (χ2n) is 7.20. The lowest BCUT2D eigenvalue weighted by atomic mass is 9.97. The van der Waals surface area contributed by atoms with Crippen LogP contribution < -0.4 is 10.2 Å². The minimum atomic E-state index is -0.00486. The first kappa shape index (κ1) is 18.2. The van der Waals surface area contributed by atoms with E-state index in [4.69, 9.17) is 0 Å². The van der Waals surface area contributed by atoms with Gasteiger partial charge in [0.05, 0.1) is 0 Å². The number of rotatable bonds is 6. The van der Waals surface area contributed by atoms with Gasteiger partial charge < -0.3 is 14.8 Å². The Bertz CT molecular complexity index is 886. The molecule has 6 heteroatoms. The zero-order valence-corrected chi connectivity index (χ0v) is 15.9. The third-order valence-electron chi connectivity index (χ3n) is 5.26. The van der Waals surface area contributed by atoms with E-state index in [-0.39, 0.29) is 5.91 Å². The third-order valence-corrected chi connectivity index (χ3v) is 5.26. The molecule has 1 saturated heterocycles. The summed E-state index contributed by atoms with van der Waals surface area (Å²) in [7, 11) is 0. The molecule has 0 spiro atoms. The van der Waals surface area contributed by atoms with Crippen molar-refractivity contribution in [2.75, 3.05) is 24.5 Å². The molecule has 1 aliphatic heterocycles. The number of nitrogens with zero attached hydrogens (tertiary/aromatic N) is 4. The highest BCUT2D eigenvalue weighted by atomic mass is 16.1. The monoisotopic (exact) mass is 375 g/mol. The second kappa shape index (κ2) is 8.69. The van der Waals surface area contributed by atoms with E-state index < -0.39 is 0 Å². The van der Waals surface area contributed by atoms with Crippen molar-refractivity contribution < 1.29 is 4.79 Å². The first-order valence-corrected chi connectivity index (χ1v) is 9.79. The number of piperidine rings is 1. The minimum absolute atomic E-state index is 0.00486. The minimum Gasteiger partial charge on any atom is -0.350 e. The fourth-order valence-corrected chi connectivity index (χ4v) is 3.66. The summed E-state index contributed by atoms with van der Waals surface area (Å²) >= 11 is 0. The number of nitrogens with one attached hydrogen (secondary N) is 1. The number of carbonyl (C=O) groups excluding carboxylic acids is 1. The first-order chi connectivity index (χ1) is 13.8.